The van der Waals surface area contributed by atoms with Crippen molar-refractivity contribution in [3.05, 3.63) is 52.6 Å². The molecule has 0 saturated carbocycles. The molecule has 1 aliphatic carbocycles. The van der Waals surface area contributed by atoms with Crippen LogP contribution >= 0.6 is 0 Å². The summed E-state index contributed by atoms with van der Waals surface area (Å²) in [5.41, 5.74) is 2.93. The second-order valence-corrected chi connectivity index (χ2v) is 6.81. The van der Waals surface area contributed by atoms with Crippen molar-refractivity contribution in [1.29, 1.82) is 0 Å². The maximum absolute atomic E-state index is 12.6. The third-order valence-electron chi connectivity index (χ3n) is 4.31. The van der Waals surface area contributed by atoms with E-state index in [0.29, 0.717) is 12.4 Å². The zero-order chi connectivity index (χ0) is 20.0. The quantitative estimate of drug-likeness (QED) is 0.384. The van der Waals surface area contributed by atoms with Gasteiger partial charge in [-0.15, -0.1) is 0 Å². The van der Waals surface area contributed by atoms with Crippen molar-refractivity contribution in [2.75, 3.05) is 6.61 Å². The Kier molecular flexibility index (Phi) is 7.11. The van der Waals surface area contributed by atoms with Crippen molar-refractivity contribution in [3.63, 3.8) is 0 Å². The highest BCUT2D eigenvalue weighted by Crippen LogP contribution is 2.32. The van der Waals surface area contributed by atoms with Gasteiger partial charge in [-0.2, -0.15) is 0 Å². The van der Waals surface area contributed by atoms with E-state index in [1.54, 1.807) is 25.1 Å². The van der Waals surface area contributed by atoms with Gasteiger partial charge >= 0.3 is 5.97 Å². The van der Waals surface area contributed by atoms with Gasteiger partial charge in [0.1, 0.15) is 12.4 Å². The van der Waals surface area contributed by atoms with Gasteiger partial charge < -0.3 is 9.47 Å². The molecule has 1 aromatic carbocycles. The Hall–Kier alpha value is -2.69. The lowest BCUT2D eigenvalue weighted by Gasteiger charge is -2.09. The second kappa shape index (κ2) is 9.31. The van der Waals surface area contributed by atoms with Crippen LogP contribution in [0.5, 0.6) is 5.75 Å². The number of esters is 1. The molecule has 0 saturated heterocycles. The largest absolute Gasteiger partial charge is 0.489 e. The number of ketones is 2. The van der Waals surface area contributed by atoms with Crippen molar-refractivity contribution in [2.45, 2.75) is 53.1 Å². The van der Waals surface area contributed by atoms with Gasteiger partial charge in [-0.1, -0.05) is 36.3 Å². The van der Waals surface area contributed by atoms with Crippen LogP contribution in [0.3, 0.4) is 0 Å². The van der Waals surface area contributed by atoms with Crippen LogP contribution in [0.2, 0.25) is 0 Å². The third kappa shape index (κ3) is 5.16. The summed E-state index contributed by atoms with van der Waals surface area (Å²) in [6, 6.07) is 4.87. The summed E-state index contributed by atoms with van der Waals surface area (Å²) in [5, 5.41) is 0. The summed E-state index contributed by atoms with van der Waals surface area (Å²) in [5.74, 6) is -1.24. The molecule has 144 valence electrons. The molecule has 0 aromatic heterocycles. The fraction of sp³-hybridized carbons (Fsp3) is 0.409. The molecule has 0 amide bonds. The number of rotatable bonds is 8. The number of hydrogen-bond donors (Lipinski definition) is 0. The normalized spacial score (nSPS) is 16.1. The van der Waals surface area contributed by atoms with E-state index in [-0.39, 0.29) is 17.5 Å². The first-order valence-corrected chi connectivity index (χ1v) is 9.17. The maximum atomic E-state index is 12.6. The highest BCUT2D eigenvalue weighted by Gasteiger charge is 2.43. The number of hydrogen-bond acceptors (Lipinski definition) is 5. The maximum Gasteiger partial charge on any atom is 0.306 e. The monoisotopic (exact) mass is 370 g/mol. The molecule has 1 aliphatic rings. The summed E-state index contributed by atoms with van der Waals surface area (Å²) in [7, 11) is 0. The SMILES string of the molecule is CCC(=O)OC1C(=O)c2cccc(OC/C=C(\C)CCC=C(C)C)c2C1=O. The molecule has 27 heavy (non-hydrogen) atoms. The molecule has 5 heteroatoms. The minimum Gasteiger partial charge on any atom is -0.489 e. The van der Waals surface area contributed by atoms with Crippen LogP contribution in [0.4, 0.5) is 0 Å². The summed E-state index contributed by atoms with van der Waals surface area (Å²) in [4.78, 5) is 36.5. The Bertz CT molecular complexity index is 797. The molecule has 5 nitrogen and oxygen atoms in total. The highest BCUT2D eigenvalue weighted by atomic mass is 16.6. The van der Waals surface area contributed by atoms with Crippen molar-refractivity contribution in [2.24, 2.45) is 0 Å². The molecular weight excluding hydrogens is 344 g/mol. The van der Waals surface area contributed by atoms with Gasteiger partial charge in [0.25, 0.3) is 0 Å². The van der Waals surface area contributed by atoms with E-state index < -0.39 is 23.6 Å². The third-order valence-corrected chi connectivity index (χ3v) is 4.31. The first-order valence-electron chi connectivity index (χ1n) is 9.17. The van der Waals surface area contributed by atoms with Crippen LogP contribution < -0.4 is 4.74 Å². The average molecular weight is 370 g/mol. The van der Waals surface area contributed by atoms with E-state index in [4.69, 9.17) is 9.47 Å². The van der Waals surface area contributed by atoms with E-state index in [2.05, 4.69) is 19.9 Å². The molecule has 0 N–H and O–H groups in total. The van der Waals surface area contributed by atoms with Gasteiger partial charge in [0.05, 0.1) is 5.56 Å². The number of carbonyl (C=O) groups is 3. The number of carbonyl (C=O) groups excluding carboxylic acids is 3. The summed E-state index contributed by atoms with van der Waals surface area (Å²) in [6.07, 6.45) is 4.78. The summed E-state index contributed by atoms with van der Waals surface area (Å²) in [6.45, 7) is 8.09. The molecule has 1 aromatic rings. The lowest BCUT2D eigenvalue weighted by molar-refractivity contribution is -0.144. The number of fused-ring (bicyclic) bond motifs is 1. The molecular formula is C22H26O5. The fourth-order valence-corrected chi connectivity index (χ4v) is 2.79. The van der Waals surface area contributed by atoms with Gasteiger partial charge in [-0.05, 0) is 45.8 Å². The number of allylic oxidation sites excluding steroid dienone is 3. The Morgan fingerprint density at radius 1 is 1.11 bits per heavy atom. The molecule has 1 unspecified atom stereocenters. The fourth-order valence-electron chi connectivity index (χ4n) is 2.79. The van der Waals surface area contributed by atoms with Crippen molar-refractivity contribution < 1.29 is 23.9 Å². The van der Waals surface area contributed by atoms with E-state index in [9.17, 15) is 14.4 Å². The first kappa shape index (κ1) is 20.6. The second-order valence-electron chi connectivity index (χ2n) is 6.81. The van der Waals surface area contributed by atoms with Crippen LogP contribution in [0.25, 0.3) is 0 Å². The highest BCUT2D eigenvalue weighted by molar-refractivity contribution is 6.30. The number of benzene rings is 1. The molecule has 0 spiro atoms. The topological polar surface area (TPSA) is 69.7 Å². The van der Waals surface area contributed by atoms with Crippen LogP contribution in [0, 0.1) is 0 Å². The van der Waals surface area contributed by atoms with Crippen LogP contribution in [0.15, 0.2) is 41.5 Å². The van der Waals surface area contributed by atoms with Gasteiger partial charge in [-0.25, -0.2) is 0 Å². The van der Waals surface area contributed by atoms with Crippen LogP contribution in [0.1, 0.15) is 67.7 Å². The van der Waals surface area contributed by atoms with E-state index in [1.807, 2.05) is 13.0 Å². The molecule has 0 bridgehead atoms. The Labute approximate surface area is 160 Å². The minimum absolute atomic E-state index is 0.105. The molecule has 0 fully saturated rings. The predicted molar refractivity (Wildman–Crippen MR) is 103 cm³/mol. The Morgan fingerprint density at radius 2 is 1.85 bits per heavy atom. The molecule has 0 aliphatic heterocycles. The van der Waals surface area contributed by atoms with E-state index in [1.165, 1.54) is 11.1 Å². The van der Waals surface area contributed by atoms with E-state index >= 15 is 0 Å². The lowest BCUT2D eigenvalue weighted by Crippen LogP contribution is -2.28. The first-order chi connectivity index (χ1) is 12.8. The van der Waals surface area contributed by atoms with Gasteiger partial charge in [0.15, 0.2) is 0 Å². The number of ether oxygens (including phenoxy) is 2. The average Bonchev–Trinajstić information content (AvgIpc) is 2.87. The van der Waals surface area contributed by atoms with Crippen LogP contribution in [-0.2, 0) is 9.53 Å². The summed E-state index contributed by atoms with van der Waals surface area (Å²) >= 11 is 0. The predicted octanol–water partition coefficient (Wildman–Crippen LogP) is 4.46. The molecule has 0 heterocycles. The molecule has 1 atom stereocenters. The lowest BCUT2D eigenvalue weighted by atomic mass is 10.1. The van der Waals surface area contributed by atoms with Crippen LogP contribution in [-0.4, -0.2) is 30.2 Å². The standard InChI is InChI=1S/C22H26O5/c1-5-18(23)27-22-20(24)16-10-7-11-17(19(16)21(22)25)26-13-12-15(4)9-6-8-14(2)3/h7-8,10-12,22H,5-6,9,13H2,1-4H3/b15-12+. The molecule has 0 radical (unpaired) electrons. The Morgan fingerprint density at radius 3 is 2.52 bits per heavy atom. The van der Waals surface area contributed by atoms with Crippen molar-refractivity contribution in [3.8, 4) is 5.75 Å². The molecule has 2 rings (SSSR count). The number of Topliss-reactive ketones (excluding diaryl/α,β-unsaturated/α-hetero) is 2. The van der Waals surface area contributed by atoms with Crippen molar-refractivity contribution in [1.82, 2.24) is 0 Å². The van der Waals surface area contributed by atoms with E-state index in [0.717, 1.165) is 12.8 Å². The zero-order valence-corrected chi connectivity index (χ0v) is 16.3. The van der Waals surface area contributed by atoms with Gasteiger partial charge in [0.2, 0.25) is 17.7 Å². The zero-order valence-electron chi connectivity index (χ0n) is 16.3. The minimum atomic E-state index is -1.39. The van der Waals surface area contributed by atoms with Crippen molar-refractivity contribution >= 4 is 17.5 Å². The smallest absolute Gasteiger partial charge is 0.306 e. The van der Waals surface area contributed by atoms with Gasteiger partial charge in [-0.3, -0.25) is 14.4 Å². The Balaban J connectivity index is 2.08. The summed E-state index contributed by atoms with van der Waals surface area (Å²) < 4.78 is 10.8. The van der Waals surface area contributed by atoms with Gasteiger partial charge in [0, 0.05) is 12.0 Å².